The molecule has 1 fully saturated rings. The van der Waals surface area contributed by atoms with Crippen LogP contribution in [0.25, 0.3) is 0 Å². The van der Waals surface area contributed by atoms with Crippen LogP contribution in [0.1, 0.15) is 52.4 Å². The molecule has 0 spiro atoms. The molecule has 0 aliphatic heterocycles. The third-order valence-electron chi connectivity index (χ3n) is 4.10. The predicted molar refractivity (Wildman–Crippen MR) is 83.0 cm³/mol. The molecule has 1 saturated carbocycles. The highest BCUT2D eigenvalue weighted by atomic mass is 32.2. The Hall–Kier alpha value is 0.0700. The van der Waals surface area contributed by atoms with Crippen molar-refractivity contribution in [2.75, 3.05) is 26.0 Å². The molecule has 1 aliphatic carbocycles. The minimum atomic E-state index is -0.706. The third kappa shape index (κ3) is 5.92. The van der Waals surface area contributed by atoms with E-state index in [1.54, 1.807) is 7.11 Å². The fourth-order valence-electron chi connectivity index (χ4n) is 3.17. The van der Waals surface area contributed by atoms with E-state index < -0.39 is 10.8 Å². The number of hydrogen-bond donors (Lipinski definition) is 1. The molecule has 0 aromatic rings. The summed E-state index contributed by atoms with van der Waals surface area (Å²) in [6.07, 6.45) is 7.10. The van der Waals surface area contributed by atoms with Gasteiger partial charge < -0.3 is 10.1 Å². The highest BCUT2D eigenvalue weighted by Gasteiger charge is 2.33. The Morgan fingerprint density at radius 1 is 1.32 bits per heavy atom. The number of nitrogens with one attached hydrogen (secondary N) is 1. The quantitative estimate of drug-likeness (QED) is 0.663. The average molecular weight is 289 g/mol. The zero-order valence-electron chi connectivity index (χ0n) is 12.8. The molecule has 4 heteroatoms. The molecule has 4 unspecified atom stereocenters. The number of rotatable bonds is 9. The second-order valence-corrected chi connectivity index (χ2v) is 7.38. The Bertz CT molecular complexity index is 261. The van der Waals surface area contributed by atoms with Gasteiger partial charge in [0.1, 0.15) is 0 Å². The van der Waals surface area contributed by atoms with Gasteiger partial charge in [-0.3, -0.25) is 4.21 Å². The Labute approximate surface area is 121 Å². The van der Waals surface area contributed by atoms with Gasteiger partial charge in [-0.1, -0.05) is 26.7 Å². The van der Waals surface area contributed by atoms with E-state index in [1.807, 2.05) is 0 Å². The fraction of sp³-hybridized carbons (Fsp3) is 1.00. The molecule has 1 rings (SSSR count). The molecule has 4 atom stereocenters. The molecule has 0 heterocycles. The first-order chi connectivity index (χ1) is 9.22. The van der Waals surface area contributed by atoms with E-state index >= 15 is 0 Å². The smallest absolute Gasteiger partial charge is 0.0503 e. The molecule has 1 N–H and O–H groups in total. The third-order valence-corrected chi connectivity index (χ3v) is 5.98. The normalized spacial score (nSPS) is 29.3. The summed E-state index contributed by atoms with van der Waals surface area (Å²) in [5.41, 5.74) is 0. The van der Waals surface area contributed by atoms with E-state index in [1.165, 1.54) is 25.7 Å². The molecule has 0 bridgehead atoms. The lowest BCUT2D eigenvalue weighted by atomic mass is 9.83. The first-order valence-electron chi connectivity index (χ1n) is 7.82. The van der Waals surface area contributed by atoms with Gasteiger partial charge in [-0.15, -0.1) is 0 Å². The average Bonchev–Trinajstić information content (AvgIpc) is 2.41. The summed E-state index contributed by atoms with van der Waals surface area (Å²) in [6, 6.07) is 0.460. The summed E-state index contributed by atoms with van der Waals surface area (Å²) >= 11 is 0. The van der Waals surface area contributed by atoms with Crippen LogP contribution in [0.4, 0.5) is 0 Å². The lowest BCUT2D eigenvalue weighted by Crippen LogP contribution is -2.46. The maximum Gasteiger partial charge on any atom is 0.0503 e. The molecule has 0 aromatic heterocycles. The van der Waals surface area contributed by atoms with Crippen LogP contribution >= 0.6 is 0 Å². The van der Waals surface area contributed by atoms with Gasteiger partial charge in [0.15, 0.2) is 0 Å². The Morgan fingerprint density at radius 3 is 2.74 bits per heavy atom. The SMILES string of the molecule is CCCC1CCC(NCC)C(S(=O)CCCOC)C1. The molecular formula is C15H31NO2S. The predicted octanol–water partition coefficient (Wildman–Crippen LogP) is 2.72. The Kier molecular flexibility index (Phi) is 8.92. The topological polar surface area (TPSA) is 38.3 Å². The van der Waals surface area contributed by atoms with Crippen molar-refractivity contribution in [3.63, 3.8) is 0 Å². The van der Waals surface area contributed by atoms with Crippen LogP contribution < -0.4 is 5.32 Å². The molecular weight excluding hydrogens is 258 g/mol. The van der Waals surface area contributed by atoms with E-state index in [-0.39, 0.29) is 0 Å². The van der Waals surface area contributed by atoms with Crippen LogP contribution in [0.15, 0.2) is 0 Å². The first-order valence-corrected chi connectivity index (χ1v) is 9.20. The van der Waals surface area contributed by atoms with Crippen molar-refractivity contribution in [1.29, 1.82) is 0 Å². The second kappa shape index (κ2) is 9.89. The Balaban J connectivity index is 2.52. The molecule has 0 radical (unpaired) electrons. The van der Waals surface area contributed by atoms with Crippen LogP contribution in [0, 0.1) is 5.92 Å². The summed E-state index contributed by atoms with van der Waals surface area (Å²) < 4.78 is 17.6. The highest BCUT2D eigenvalue weighted by Crippen LogP contribution is 2.31. The van der Waals surface area contributed by atoms with Crippen molar-refractivity contribution in [2.45, 2.75) is 63.7 Å². The van der Waals surface area contributed by atoms with Crippen molar-refractivity contribution >= 4 is 10.8 Å². The van der Waals surface area contributed by atoms with E-state index in [4.69, 9.17) is 4.74 Å². The van der Waals surface area contributed by atoms with Gasteiger partial charge in [-0.25, -0.2) is 0 Å². The van der Waals surface area contributed by atoms with E-state index in [2.05, 4.69) is 19.2 Å². The van der Waals surface area contributed by atoms with Gasteiger partial charge in [0.25, 0.3) is 0 Å². The van der Waals surface area contributed by atoms with Crippen molar-refractivity contribution < 1.29 is 8.95 Å². The van der Waals surface area contributed by atoms with Crippen molar-refractivity contribution in [3.8, 4) is 0 Å². The lowest BCUT2D eigenvalue weighted by molar-refractivity contribution is 0.199. The first kappa shape index (κ1) is 17.1. The minimum absolute atomic E-state index is 0.349. The van der Waals surface area contributed by atoms with Crippen molar-refractivity contribution in [3.05, 3.63) is 0 Å². The van der Waals surface area contributed by atoms with E-state index in [0.717, 1.165) is 37.7 Å². The van der Waals surface area contributed by atoms with Gasteiger partial charge in [0.05, 0.1) is 5.25 Å². The van der Waals surface area contributed by atoms with Crippen molar-refractivity contribution in [2.24, 2.45) is 5.92 Å². The van der Waals surface area contributed by atoms with Gasteiger partial charge in [0, 0.05) is 36.3 Å². The lowest BCUT2D eigenvalue weighted by Gasteiger charge is -2.36. The zero-order valence-corrected chi connectivity index (χ0v) is 13.6. The minimum Gasteiger partial charge on any atom is -0.385 e. The number of methoxy groups -OCH3 is 1. The van der Waals surface area contributed by atoms with Crippen LogP contribution in [-0.4, -0.2) is 41.5 Å². The maximum absolute atomic E-state index is 12.5. The van der Waals surface area contributed by atoms with Gasteiger partial charge in [-0.2, -0.15) is 0 Å². The molecule has 19 heavy (non-hydrogen) atoms. The zero-order chi connectivity index (χ0) is 14.1. The van der Waals surface area contributed by atoms with Crippen molar-refractivity contribution in [1.82, 2.24) is 5.32 Å². The number of ether oxygens (including phenoxy) is 1. The summed E-state index contributed by atoms with van der Waals surface area (Å²) in [7, 11) is 1.00. The summed E-state index contributed by atoms with van der Waals surface area (Å²) in [6.45, 7) is 6.10. The molecule has 114 valence electrons. The molecule has 0 saturated heterocycles. The van der Waals surface area contributed by atoms with Crippen LogP contribution in [0.5, 0.6) is 0 Å². The van der Waals surface area contributed by atoms with Gasteiger partial charge in [-0.05, 0) is 38.1 Å². The standard InChI is InChI=1S/C15H31NO2S/c1-4-7-13-8-9-14(16-5-2)15(12-13)19(17)11-6-10-18-3/h13-16H,4-12H2,1-3H3. The monoisotopic (exact) mass is 289 g/mol. The van der Waals surface area contributed by atoms with Gasteiger partial charge >= 0.3 is 0 Å². The molecule has 3 nitrogen and oxygen atoms in total. The molecule has 1 aliphatic rings. The molecule has 0 amide bonds. The fourth-order valence-corrected chi connectivity index (χ4v) is 4.96. The van der Waals surface area contributed by atoms with Crippen LogP contribution in [0.3, 0.4) is 0 Å². The van der Waals surface area contributed by atoms with E-state index in [9.17, 15) is 4.21 Å². The largest absolute Gasteiger partial charge is 0.385 e. The molecule has 0 aromatic carbocycles. The van der Waals surface area contributed by atoms with E-state index in [0.29, 0.717) is 11.3 Å². The maximum atomic E-state index is 12.5. The highest BCUT2D eigenvalue weighted by molar-refractivity contribution is 7.85. The van der Waals surface area contributed by atoms with Crippen LogP contribution in [0.2, 0.25) is 0 Å². The number of hydrogen-bond acceptors (Lipinski definition) is 3. The summed E-state index contributed by atoms with van der Waals surface area (Å²) in [5.74, 6) is 1.58. The second-order valence-electron chi connectivity index (χ2n) is 5.60. The summed E-state index contributed by atoms with van der Waals surface area (Å²) in [4.78, 5) is 0. The van der Waals surface area contributed by atoms with Gasteiger partial charge in [0.2, 0.25) is 0 Å². The van der Waals surface area contributed by atoms with Crippen LogP contribution in [-0.2, 0) is 15.5 Å². The Morgan fingerprint density at radius 2 is 2.11 bits per heavy atom. The summed E-state index contributed by atoms with van der Waals surface area (Å²) in [5, 5.41) is 3.89.